The molecule has 0 amide bonds. The van der Waals surface area contributed by atoms with Gasteiger partial charge < -0.3 is 10.1 Å². The quantitative estimate of drug-likeness (QED) is 0.804. The van der Waals surface area contributed by atoms with Gasteiger partial charge in [-0.3, -0.25) is 4.79 Å². The van der Waals surface area contributed by atoms with Gasteiger partial charge in [0.05, 0.1) is 6.10 Å². The summed E-state index contributed by atoms with van der Waals surface area (Å²) in [6.07, 6.45) is -0.0792. The summed E-state index contributed by atoms with van der Waals surface area (Å²) in [6, 6.07) is 7.14. The summed E-state index contributed by atoms with van der Waals surface area (Å²) in [5, 5.41) is 3.62. The monoisotopic (exact) mass is 227 g/mol. The Morgan fingerprint density at radius 1 is 1.40 bits per heavy atom. The molecule has 0 aliphatic heterocycles. The number of esters is 1. The summed E-state index contributed by atoms with van der Waals surface area (Å²) < 4.78 is 4.97. The standard InChI is InChI=1S/C11H14ClNO2/c1-8(2)15-11(14)7-13-10-5-3-9(12)4-6-10/h3-6,8,13H,7H2,1-2H3. The molecule has 0 spiro atoms. The Morgan fingerprint density at radius 2 is 2.00 bits per heavy atom. The second kappa shape index (κ2) is 5.61. The minimum atomic E-state index is -0.264. The van der Waals surface area contributed by atoms with Gasteiger partial charge in [-0.25, -0.2) is 0 Å². The van der Waals surface area contributed by atoms with Gasteiger partial charge in [0.15, 0.2) is 0 Å². The molecule has 0 bridgehead atoms. The zero-order chi connectivity index (χ0) is 11.3. The van der Waals surface area contributed by atoms with Gasteiger partial charge in [0.1, 0.15) is 6.54 Å². The average Bonchev–Trinajstić information content (AvgIpc) is 2.16. The predicted molar refractivity (Wildman–Crippen MR) is 61.2 cm³/mol. The highest BCUT2D eigenvalue weighted by Crippen LogP contribution is 2.12. The van der Waals surface area contributed by atoms with Gasteiger partial charge in [-0.05, 0) is 38.1 Å². The van der Waals surface area contributed by atoms with Crippen molar-refractivity contribution < 1.29 is 9.53 Å². The molecule has 0 saturated carbocycles. The molecule has 0 aliphatic carbocycles. The van der Waals surface area contributed by atoms with Crippen LogP contribution in [0.3, 0.4) is 0 Å². The second-order valence-corrected chi connectivity index (χ2v) is 3.84. The van der Waals surface area contributed by atoms with Gasteiger partial charge in [0.2, 0.25) is 0 Å². The van der Waals surface area contributed by atoms with Crippen LogP contribution in [0.15, 0.2) is 24.3 Å². The lowest BCUT2D eigenvalue weighted by Crippen LogP contribution is -2.20. The Morgan fingerprint density at radius 3 is 2.53 bits per heavy atom. The molecule has 3 nitrogen and oxygen atoms in total. The Kier molecular flexibility index (Phi) is 4.43. The van der Waals surface area contributed by atoms with E-state index in [1.807, 2.05) is 26.0 Å². The van der Waals surface area contributed by atoms with E-state index in [0.717, 1.165) is 5.69 Å². The number of benzene rings is 1. The smallest absolute Gasteiger partial charge is 0.325 e. The van der Waals surface area contributed by atoms with Gasteiger partial charge in [-0.15, -0.1) is 0 Å². The third-order valence-corrected chi connectivity index (χ3v) is 1.90. The summed E-state index contributed by atoms with van der Waals surface area (Å²) in [5.41, 5.74) is 0.847. The molecule has 82 valence electrons. The number of anilines is 1. The third-order valence-electron chi connectivity index (χ3n) is 1.65. The van der Waals surface area contributed by atoms with Crippen LogP contribution >= 0.6 is 11.6 Å². The van der Waals surface area contributed by atoms with Crippen molar-refractivity contribution in [2.45, 2.75) is 20.0 Å². The molecule has 0 atom stereocenters. The Bertz CT molecular complexity index is 322. The third kappa shape index (κ3) is 4.70. The number of carbonyl (C=O) groups is 1. The highest BCUT2D eigenvalue weighted by molar-refractivity contribution is 6.30. The fourth-order valence-electron chi connectivity index (χ4n) is 1.05. The van der Waals surface area contributed by atoms with Crippen molar-refractivity contribution in [1.82, 2.24) is 0 Å². The molecule has 0 unspecified atom stereocenters. The van der Waals surface area contributed by atoms with Gasteiger partial charge in [-0.2, -0.15) is 0 Å². The van der Waals surface area contributed by atoms with Crippen molar-refractivity contribution in [2.24, 2.45) is 0 Å². The molecule has 1 rings (SSSR count). The van der Waals surface area contributed by atoms with E-state index in [1.165, 1.54) is 0 Å². The fraction of sp³-hybridized carbons (Fsp3) is 0.364. The van der Waals surface area contributed by atoms with Crippen LogP contribution < -0.4 is 5.32 Å². The molecular formula is C11H14ClNO2. The summed E-state index contributed by atoms with van der Waals surface area (Å²) in [7, 11) is 0. The predicted octanol–water partition coefficient (Wildman–Crippen LogP) is 2.70. The van der Waals surface area contributed by atoms with Crippen LogP contribution in [0.4, 0.5) is 5.69 Å². The molecular weight excluding hydrogens is 214 g/mol. The molecule has 0 aliphatic rings. The zero-order valence-corrected chi connectivity index (χ0v) is 9.54. The molecule has 1 aromatic rings. The number of carbonyl (C=O) groups excluding carboxylic acids is 1. The number of halogens is 1. The van der Waals surface area contributed by atoms with E-state index in [-0.39, 0.29) is 18.6 Å². The SMILES string of the molecule is CC(C)OC(=O)CNc1ccc(Cl)cc1. The normalized spacial score (nSPS) is 10.1. The molecule has 0 saturated heterocycles. The maximum absolute atomic E-state index is 11.2. The summed E-state index contributed by atoms with van der Waals surface area (Å²) in [6.45, 7) is 3.81. The fourth-order valence-corrected chi connectivity index (χ4v) is 1.17. The zero-order valence-electron chi connectivity index (χ0n) is 8.79. The van der Waals surface area contributed by atoms with Gasteiger partial charge >= 0.3 is 5.97 Å². The van der Waals surface area contributed by atoms with Crippen LogP contribution in [0, 0.1) is 0 Å². The van der Waals surface area contributed by atoms with Crippen LogP contribution in [-0.4, -0.2) is 18.6 Å². The lowest BCUT2D eigenvalue weighted by molar-refractivity contribution is -0.145. The Hall–Kier alpha value is -1.22. The van der Waals surface area contributed by atoms with E-state index in [4.69, 9.17) is 16.3 Å². The van der Waals surface area contributed by atoms with E-state index in [9.17, 15) is 4.79 Å². The van der Waals surface area contributed by atoms with Crippen molar-refractivity contribution in [3.63, 3.8) is 0 Å². The van der Waals surface area contributed by atoms with E-state index >= 15 is 0 Å². The molecule has 4 heteroatoms. The van der Waals surface area contributed by atoms with E-state index in [0.29, 0.717) is 5.02 Å². The molecule has 0 aromatic heterocycles. The summed E-state index contributed by atoms with van der Waals surface area (Å²) >= 11 is 5.72. The molecule has 1 aromatic carbocycles. The molecule has 15 heavy (non-hydrogen) atoms. The number of nitrogens with one attached hydrogen (secondary N) is 1. The molecule has 1 N–H and O–H groups in total. The van der Waals surface area contributed by atoms with Crippen LogP contribution in [-0.2, 0) is 9.53 Å². The van der Waals surface area contributed by atoms with Gasteiger partial charge in [0.25, 0.3) is 0 Å². The van der Waals surface area contributed by atoms with Crippen LogP contribution in [0.1, 0.15) is 13.8 Å². The number of rotatable bonds is 4. The molecule has 0 fully saturated rings. The highest BCUT2D eigenvalue weighted by Gasteiger charge is 2.04. The number of ether oxygens (including phenoxy) is 1. The molecule has 0 radical (unpaired) electrons. The first-order valence-electron chi connectivity index (χ1n) is 4.77. The van der Waals surface area contributed by atoms with Crippen LogP contribution in [0.2, 0.25) is 5.02 Å². The Balaban J connectivity index is 2.37. The maximum atomic E-state index is 11.2. The minimum absolute atomic E-state index is 0.0792. The first-order valence-corrected chi connectivity index (χ1v) is 5.14. The first kappa shape index (κ1) is 11.9. The van der Waals surface area contributed by atoms with Gasteiger partial charge in [-0.1, -0.05) is 11.6 Å². The highest BCUT2D eigenvalue weighted by atomic mass is 35.5. The second-order valence-electron chi connectivity index (χ2n) is 3.40. The minimum Gasteiger partial charge on any atom is -0.462 e. The van der Waals surface area contributed by atoms with E-state index in [1.54, 1.807) is 12.1 Å². The van der Waals surface area contributed by atoms with Crippen LogP contribution in [0.5, 0.6) is 0 Å². The van der Waals surface area contributed by atoms with E-state index < -0.39 is 0 Å². The summed E-state index contributed by atoms with van der Waals surface area (Å²) in [4.78, 5) is 11.2. The number of hydrogen-bond donors (Lipinski definition) is 1. The van der Waals surface area contributed by atoms with Crippen molar-refractivity contribution in [2.75, 3.05) is 11.9 Å². The molecule has 0 heterocycles. The lowest BCUT2D eigenvalue weighted by atomic mass is 10.3. The van der Waals surface area contributed by atoms with Crippen molar-refractivity contribution in [1.29, 1.82) is 0 Å². The van der Waals surface area contributed by atoms with E-state index in [2.05, 4.69) is 5.32 Å². The lowest BCUT2D eigenvalue weighted by Gasteiger charge is -2.09. The topological polar surface area (TPSA) is 38.3 Å². The first-order chi connectivity index (χ1) is 7.08. The van der Waals surface area contributed by atoms with Crippen molar-refractivity contribution >= 4 is 23.3 Å². The maximum Gasteiger partial charge on any atom is 0.325 e. The summed E-state index contributed by atoms with van der Waals surface area (Å²) in [5.74, 6) is -0.264. The Labute approximate surface area is 94.4 Å². The van der Waals surface area contributed by atoms with Gasteiger partial charge in [0, 0.05) is 10.7 Å². The largest absolute Gasteiger partial charge is 0.462 e. The average molecular weight is 228 g/mol. The number of hydrogen-bond acceptors (Lipinski definition) is 3. The van der Waals surface area contributed by atoms with Crippen molar-refractivity contribution in [3.8, 4) is 0 Å². The van der Waals surface area contributed by atoms with Crippen molar-refractivity contribution in [3.05, 3.63) is 29.3 Å². The van der Waals surface area contributed by atoms with Crippen LogP contribution in [0.25, 0.3) is 0 Å².